The third kappa shape index (κ3) is 7.74. The molecule has 0 fully saturated rings. The van der Waals surface area contributed by atoms with Gasteiger partial charge in [0.25, 0.3) is 5.22 Å². The Morgan fingerprint density at radius 1 is 1.29 bits per heavy atom. The molecule has 0 unspecified atom stereocenters. The maximum atomic E-state index is 12.3. The van der Waals surface area contributed by atoms with E-state index >= 15 is 0 Å². The van der Waals surface area contributed by atoms with E-state index < -0.39 is 17.7 Å². The van der Waals surface area contributed by atoms with E-state index in [-0.39, 0.29) is 28.7 Å². The lowest BCUT2D eigenvalue weighted by Gasteiger charge is -2.24. The van der Waals surface area contributed by atoms with Crippen LogP contribution in [0.4, 0.5) is 10.5 Å². The third-order valence-corrected chi connectivity index (χ3v) is 5.67. The summed E-state index contributed by atoms with van der Waals surface area (Å²) in [6.07, 6.45) is 0.230. The largest absolute Gasteiger partial charge is 0.444 e. The molecule has 2 aromatic rings. The number of hydrogen-bond acceptors (Lipinski definition) is 7. The van der Waals surface area contributed by atoms with Gasteiger partial charge in [-0.15, -0.1) is 10.2 Å². The minimum Gasteiger partial charge on any atom is -0.444 e. The van der Waals surface area contributed by atoms with Crippen LogP contribution in [0.5, 0.6) is 0 Å². The first-order valence-corrected chi connectivity index (χ1v) is 11.4. The Balaban J connectivity index is 2.00. The molecule has 0 saturated heterocycles. The van der Waals surface area contributed by atoms with Crippen LogP contribution in [0.3, 0.4) is 0 Å². The van der Waals surface area contributed by atoms with Gasteiger partial charge < -0.3 is 19.8 Å². The first-order valence-electron chi connectivity index (χ1n) is 10.0. The van der Waals surface area contributed by atoms with E-state index in [4.69, 9.17) is 20.8 Å². The lowest BCUT2D eigenvalue weighted by Crippen LogP contribution is -2.37. The molecule has 0 saturated carbocycles. The highest BCUT2D eigenvalue weighted by molar-refractivity contribution is 7.99. The van der Waals surface area contributed by atoms with E-state index in [1.165, 1.54) is 0 Å². The van der Waals surface area contributed by atoms with Gasteiger partial charge in [0.15, 0.2) is 0 Å². The molecule has 0 aliphatic rings. The molecule has 1 heterocycles. The van der Waals surface area contributed by atoms with Gasteiger partial charge in [-0.05, 0) is 51.3 Å². The van der Waals surface area contributed by atoms with Crippen LogP contribution in [-0.2, 0) is 9.53 Å². The van der Waals surface area contributed by atoms with Gasteiger partial charge in [0.1, 0.15) is 11.6 Å². The van der Waals surface area contributed by atoms with Crippen LogP contribution >= 0.6 is 23.4 Å². The SMILES string of the molecule is CC[C@@H](C)[C@@H](NC(=O)OC(C)(C)C)c1nnc(SCC(=O)Nc2cccc(Cl)c2C)o1. The number of nitrogens with zero attached hydrogens (tertiary/aromatic N) is 2. The number of alkyl carbamates (subject to hydrolysis) is 1. The molecule has 2 N–H and O–H groups in total. The summed E-state index contributed by atoms with van der Waals surface area (Å²) in [6, 6.07) is 4.83. The number of benzene rings is 1. The fourth-order valence-corrected chi connectivity index (χ4v) is 3.32. The van der Waals surface area contributed by atoms with Gasteiger partial charge in [-0.25, -0.2) is 4.79 Å². The predicted molar refractivity (Wildman–Crippen MR) is 121 cm³/mol. The summed E-state index contributed by atoms with van der Waals surface area (Å²) in [7, 11) is 0. The van der Waals surface area contributed by atoms with Crippen molar-refractivity contribution in [3.05, 3.63) is 34.7 Å². The third-order valence-electron chi connectivity index (χ3n) is 4.44. The molecular weight excluding hydrogens is 440 g/mol. The lowest BCUT2D eigenvalue weighted by atomic mass is 9.99. The summed E-state index contributed by atoms with van der Waals surface area (Å²) in [5, 5.41) is 14.5. The molecule has 170 valence electrons. The minimum atomic E-state index is -0.616. The molecule has 0 radical (unpaired) electrons. The Hall–Kier alpha value is -2.26. The van der Waals surface area contributed by atoms with Crippen LogP contribution < -0.4 is 10.6 Å². The molecule has 0 spiro atoms. The van der Waals surface area contributed by atoms with Crippen molar-refractivity contribution >= 4 is 41.1 Å². The molecule has 1 aromatic carbocycles. The predicted octanol–water partition coefficient (Wildman–Crippen LogP) is 5.37. The molecule has 0 aliphatic heterocycles. The molecule has 2 rings (SSSR count). The molecule has 0 bridgehead atoms. The molecular formula is C21H29ClN4O4S. The number of rotatable bonds is 8. The van der Waals surface area contributed by atoms with Crippen LogP contribution in [-0.4, -0.2) is 33.6 Å². The zero-order valence-corrected chi connectivity index (χ0v) is 20.2. The number of amides is 2. The van der Waals surface area contributed by atoms with Crippen molar-refractivity contribution in [1.82, 2.24) is 15.5 Å². The number of aromatic nitrogens is 2. The highest BCUT2D eigenvalue weighted by Crippen LogP contribution is 2.27. The standard InChI is InChI=1S/C21H29ClN4O4S/c1-7-12(2)17(24-19(28)30-21(4,5)6)18-25-26-20(29-18)31-11-16(27)23-15-10-8-9-14(22)13(15)3/h8-10,12,17H,7,11H2,1-6H3,(H,23,27)(H,24,28)/t12-,17-/m1/s1. The summed E-state index contributed by atoms with van der Waals surface area (Å²) < 4.78 is 11.0. The molecule has 10 heteroatoms. The molecule has 31 heavy (non-hydrogen) atoms. The van der Waals surface area contributed by atoms with Crippen molar-refractivity contribution in [1.29, 1.82) is 0 Å². The van der Waals surface area contributed by atoms with Crippen molar-refractivity contribution in [2.45, 2.75) is 64.8 Å². The van der Waals surface area contributed by atoms with Gasteiger partial charge in [0.05, 0.1) is 5.75 Å². The number of anilines is 1. The van der Waals surface area contributed by atoms with E-state index in [2.05, 4.69) is 20.8 Å². The zero-order chi connectivity index (χ0) is 23.2. The summed E-state index contributed by atoms with van der Waals surface area (Å²) in [4.78, 5) is 24.5. The number of carbonyl (C=O) groups is 2. The van der Waals surface area contributed by atoms with Crippen LogP contribution in [0.2, 0.25) is 5.02 Å². The Kier molecular flexibility index (Phi) is 8.76. The second-order valence-corrected chi connectivity index (χ2v) is 9.50. The van der Waals surface area contributed by atoms with Crippen LogP contribution in [0.15, 0.2) is 27.8 Å². The number of carbonyl (C=O) groups excluding carboxylic acids is 2. The van der Waals surface area contributed by atoms with Gasteiger partial charge in [0, 0.05) is 10.7 Å². The normalized spacial score (nSPS) is 13.4. The fourth-order valence-electron chi connectivity index (χ4n) is 2.58. The van der Waals surface area contributed by atoms with Crippen LogP contribution in [0.25, 0.3) is 0 Å². The first-order chi connectivity index (χ1) is 14.5. The monoisotopic (exact) mass is 468 g/mol. The summed E-state index contributed by atoms with van der Waals surface area (Å²) in [5.74, 6) is 0.176. The summed E-state index contributed by atoms with van der Waals surface area (Å²) >= 11 is 7.20. The van der Waals surface area contributed by atoms with E-state index in [0.717, 1.165) is 23.7 Å². The van der Waals surface area contributed by atoms with Crippen molar-refractivity contribution in [3.63, 3.8) is 0 Å². The van der Waals surface area contributed by atoms with E-state index in [1.54, 1.807) is 39.0 Å². The summed E-state index contributed by atoms with van der Waals surface area (Å²) in [6.45, 7) is 11.2. The van der Waals surface area contributed by atoms with Crippen molar-refractivity contribution in [2.75, 3.05) is 11.1 Å². The molecule has 8 nitrogen and oxygen atoms in total. The Morgan fingerprint density at radius 2 is 2.00 bits per heavy atom. The maximum absolute atomic E-state index is 12.3. The minimum absolute atomic E-state index is 0.0416. The van der Waals surface area contributed by atoms with Crippen LogP contribution in [0, 0.1) is 12.8 Å². The number of thioether (sulfide) groups is 1. The first kappa shape index (κ1) is 25.0. The molecule has 2 amide bonds. The molecule has 2 atom stereocenters. The van der Waals surface area contributed by atoms with Gasteiger partial charge in [-0.2, -0.15) is 0 Å². The average molecular weight is 469 g/mol. The zero-order valence-electron chi connectivity index (χ0n) is 18.6. The fraction of sp³-hybridized carbons (Fsp3) is 0.524. The van der Waals surface area contributed by atoms with Gasteiger partial charge in [0.2, 0.25) is 11.8 Å². The quantitative estimate of drug-likeness (QED) is 0.501. The van der Waals surface area contributed by atoms with Crippen LogP contribution in [0.1, 0.15) is 58.5 Å². The molecule has 1 aromatic heterocycles. The Morgan fingerprint density at radius 3 is 2.65 bits per heavy atom. The number of nitrogens with one attached hydrogen (secondary N) is 2. The Bertz CT molecular complexity index is 913. The van der Waals surface area contributed by atoms with E-state index in [1.807, 2.05) is 20.8 Å². The maximum Gasteiger partial charge on any atom is 0.408 e. The van der Waals surface area contributed by atoms with Gasteiger partial charge >= 0.3 is 6.09 Å². The Labute approximate surface area is 191 Å². The number of halogens is 1. The summed E-state index contributed by atoms with van der Waals surface area (Å²) in [5.41, 5.74) is 0.837. The van der Waals surface area contributed by atoms with Crippen molar-refractivity contribution in [2.24, 2.45) is 5.92 Å². The number of ether oxygens (including phenoxy) is 1. The van der Waals surface area contributed by atoms with Crippen molar-refractivity contribution in [3.8, 4) is 0 Å². The van der Waals surface area contributed by atoms with Gasteiger partial charge in [-0.3, -0.25) is 4.79 Å². The number of hydrogen-bond donors (Lipinski definition) is 2. The highest BCUT2D eigenvalue weighted by Gasteiger charge is 2.28. The van der Waals surface area contributed by atoms with Gasteiger partial charge in [-0.1, -0.05) is 49.7 Å². The van der Waals surface area contributed by atoms with Crippen molar-refractivity contribution < 1.29 is 18.7 Å². The topological polar surface area (TPSA) is 106 Å². The molecule has 0 aliphatic carbocycles. The smallest absolute Gasteiger partial charge is 0.408 e. The second-order valence-electron chi connectivity index (χ2n) is 8.16. The van der Waals surface area contributed by atoms with E-state index in [0.29, 0.717) is 10.7 Å². The highest BCUT2D eigenvalue weighted by atomic mass is 35.5. The van der Waals surface area contributed by atoms with E-state index in [9.17, 15) is 9.59 Å². The lowest BCUT2D eigenvalue weighted by molar-refractivity contribution is -0.113. The average Bonchev–Trinajstić information content (AvgIpc) is 3.15. The second kappa shape index (κ2) is 10.9.